The third-order valence-corrected chi connectivity index (χ3v) is 7.12. The van der Waals surface area contributed by atoms with E-state index in [1.54, 1.807) is 17.4 Å². The van der Waals surface area contributed by atoms with Crippen LogP contribution in [0.3, 0.4) is 0 Å². The van der Waals surface area contributed by atoms with Crippen LogP contribution in [0.4, 0.5) is 0 Å². The monoisotopic (exact) mass is 468 g/mol. The lowest BCUT2D eigenvalue weighted by molar-refractivity contribution is -0.118. The van der Waals surface area contributed by atoms with E-state index in [2.05, 4.69) is 30.1 Å². The summed E-state index contributed by atoms with van der Waals surface area (Å²) in [6.45, 7) is 6.72. The van der Waals surface area contributed by atoms with Crippen molar-refractivity contribution in [3.8, 4) is 10.7 Å². The summed E-state index contributed by atoms with van der Waals surface area (Å²) in [5.74, 6) is 1.20. The highest BCUT2D eigenvalue weighted by molar-refractivity contribution is 7.98. The van der Waals surface area contributed by atoms with Gasteiger partial charge in [-0.15, -0.1) is 21.5 Å². The Morgan fingerprint density at radius 3 is 2.78 bits per heavy atom. The standard InChI is InChI=1S/C23H24N4O3S2/c1-13(2)16-11-17-15(10-21(29)30-18(17)9-14(16)3)12-32-23-26-25-22(19-5-4-8-31-19)27(23)7-6-20(24)28/h4-5,8-11,13H,6-7,12H2,1-3H3,(H2,24,28). The van der Waals surface area contributed by atoms with Gasteiger partial charge in [-0.1, -0.05) is 31.7 Å². The zero-order valence-electron chi connectivity index (χ0n) is 18.1. The molecule has 4 rings (SSSR count). The quantitative estimate of drug-likeness (QED) is 0.297. The fourth-order valence-electron chi connectivity index (χ4n) is 3.68. The van der Waals surface area contributed by atoms with E-state index >= 15 is 0 Å². The Balaban J connectivity index is 1.69. The fraction of sp³-hybridized carbons (Fsp3) is 0.304. The number of aromatic nitrogens is 3. The highest BCUT2D eigenvalue weighted by Crippen LogP contribution is 2.32. The molecule has 9 heteroatoms. The number of nitrogens with two attached hydrogens (primary N) is 1. The third kappa shape index (κ3) is 4.63. The van der Waals surface area contributed by atoms with Gasteiger partial charge in [-0.2, -0.15) is 0 Å². The maximum Gasteiger partial charge on any atom is 0.336 e. The largest absolute Gasteiger partial charge is 0.423 e. The van der Waals surface area contributed by atoms with Gasteiger partial charge in [0.2, 0.25) is 5.91 Å². The molecule has 1 aromatic carbocycles. The Kier molecular flexibility index (Phi) is 6.48. The molecule has 0 fully saturated rings. The molecule has 0 spiro atoms. The molecule has 0 aliphatic rings. The van der Waals surface area contributed by atoms with Crippen LogP contribution in [0.5, 0.6) is 0 Å². The molecule has 32 heavy (non-hydrogen) atoms. The first kappa shape index (κ1) is 22.3. The molecule has 166 valence electrons. The van der Waals surface area contributed by atoms with E-state index in [0.717, 1.165) is 21.4 Å². The van der Waals surface area contributed by atoms with E-state index in [1.807, 2.05) is 35.1 Å². The molecule has 4 aromatic rings. The fourth-order valence-corrected chi connectivity index (χ4v) is 5.36. The molecular weight excluding hydrogens is 444 g/mol. The molecule has 0 aliphatic heterocycles. The van der Waals surface area contributed by atoms with E-state index in [-0.39, 0.29) is 18.0 Å². The molecule has 0 saturated heterocycles. The van der Waals surface area contributed by atoms with Crippen molar-refractivity contribution >= 4 is 40.0 Å². The zero-order chi connectivity index (χ0) is 22.8. The van der Waals surface area contributed by atoms with E-state index in [1.165, 1.54) is 17.3 Å². The minimum absolute atomic E-state index is 0.193. The number of thiophene rings is 1. The van der Waals surface area contributed by atoms with Crippen LogP contribution in [0.2, 0.25) is 0 Å². The summed E-state index contributed by atoms with van der Waals surface area (Å²) in [6.07, 6.45) is 0.193. The van der Waals surface area contributed by atoms with Crippen LogP contribution < -0.4 is 11.4 Å². The summed E-state index contributed by atoms with van der Waals surface area (Å²) in [5, 5.41) is 12.3. The van der Waals surface area contributed by atoms with E-state index in [0.29, 0.717) is 34.8 Å². The lowest BCUT2D eigenvalue weighted by atomic mass is 9.95. The molecule has 0 bridgehead atoms. The summed E-state index contributed by atoms with van der Waals surface area (Å²) in [7, 11) is 0. The second-order valence-corrected chi connectivity index (χ2v) is 9.78. The van der Waals surface area contributed by atoms with Gasteiger partial charge >= 0.3 is 5.63 Å². The number of nitrogens with zero attached hydrogens (tertiary/aromatic N) is 3. The molecule has 3 heterocycles. The molecule has 7 nitrogen and oxygen atoms in total. The summed E-state index contributed by atoms with van der Waals surface area (Å²) in [5.41, 5.74) is 8.80. The molecule has 2 N–H and O–H groups in total. The highest BCUT2D eigenvalue weighted by Gasteiger charge is 2.17. The van der Waals surface area contributed by atoms with Gasteiger partial charge in [-0.25, -0.2) is 4.79 Å². The Morgan fingerprint density at radius 2 is 2.09 bits per heavy atom. The average molecular weight is 469 g/mol. The van der Waals surface area contributed by atoms with E-state index < -0.39 is 0 Å². The number of hydrogen-bond donors (Lipinski definition) is 1. The topological polar surface area (TPSA) is 104 Å². The number of thioether (sulfide) groups is 1. The van der Waals surface area contributed by atoms with Crippen molar-refractivity contribution in [2.45, 2.75) is 50.6 Å². The highest BCUT2D eigenvalue weighted by atomic mass is 32.2. The van der Waals surface area contributed by atoms with Crippen LogP contribution in [-0.2, 0) is 17.1 Å². The Bertz CT molecular complexity index is 1320. The van der Waals surface area contributed by atoms with E-state index in [9.17, 15) is 9.59 Å². The van der Waals surface area contributed by atoms with Crippen molar-refractivity contribution in [2.75, 3.05) is 0 Å². The van der Waals surface area contributed by atoms with Crippen LogP contribution in [0.1, 0.15) is 42.9 Å². The van der Waals surface area contributed by atoms with Gasteiger partial charge in [-0.3, -0.25) is 4.79 Å². The van der Waals surface area contributed by atoms with Crippen LogP contribution in [0, 0.1) is 6.92 Å². The second kappa shape index (κ2) is 9.30. The van der Waals surface area contributed by atoms with Crippen molar-refractivity contribution in [1.82, 2.24) is 14.8 Å². The van der Waals surface area contributed by atoms with Crippen molar-refractivity contribution in [1.29, 1.82) is 0 Å². The number of carbonyl (C=O) groups excluding carboxylic acids is 1. The molecule has 0 radical (unpaired) electrons. The van der Waals surface area contributed by atoms with Gasteiger partial charge in [0.25, 0.3) is 0 Å². The Morgan fingerprint density at radius 1 is 1.28 bits per heavy atom. The first-order chi connectivity index (χ1) is 15.3. The van der Waals surface area contributed by atoms with Crippen molar-refractivity contribution < 1.29 is 9.21 Å². The third-order valence-electron chi connectivity index (χ3n) is 5.24. The number of aryl methyl sites for hydroxylation is 1. The molecule has 0 atom stereocenters. The SMILES string of the molecule is Cc1cc2oc(=O)cc(CSc3nnc(-c4cccs4)n3CCC(N)=O)c2cc1C(C)C. The van der Waals surface area contributed by atoms with Crippen LogP contribution in [0.15, 0.2) is 50.1 Å². The summed E-state index contributed by atoms with van der Waals surface area (Å²) in [4.78, 5) is 24.6. The van der Waals surface area contributed by atoms with E-state index in [4.69, 9.17) is 10.2 Å². The maximum absolute atomic E-state index is 12.2. The normalized spacial score (nSPS) is 11.5. The average Bonchev–Trinajstić information content (AvgIpc) is 3.39. The molecule has 3 aromatic heterocycles. The van der Waals surface area contributed by atoms with Gasteiger partial charge in [0.1, 0.15) is 5.58 Å². The number of benzene rings is 1. The van der Waals surface area contributed by atoms with Gasteiger partial charge in [0, 0.05) is 30.2 Å². The van der Waals surface area contributed by atoms with Crippen LogP contribution >= 0.6 is 23.1 Å². The summed E-state index contributed by atoms with van der Waals surface area (Å²) < 4.78 is 7.38. The minimum Gasteiger partial charge on any atom is -0.423 e. The minimum atomic E-state index is -0.380. The molecular formula is C23H24N4O3S2. The van der Waals surface area contributed by atoms with Gasteiger partial charge < -0.3 is 14.7 Å². The molecule has 0 aliphatic carbocycles. The predicted molar refractivity (Wildman–Crippen MR) is 128 cm³/mol. The Labute approximate surface area is 193 Å². The smallest absolute Gasteiger partial charge is 0.336 e. The van der Waals surface area contributed by atoms with Gasteiger partial charge in [0.15, 0.2) is 11.0 Å². The summed E-state index contributed by atoms with van der Waals surface area (Å²) >= 11 is 3.03. The Hall–Kier alpha value is -2.91. The number of primary amides is 1. The first-order valence-electron chi connectivity index (χ1n) is 10.3. The lowest BCUT2D eigenvalue weighted by Gasteiger charge is -2.13. The van der Waals surface area contributed by atoms with Crippen molar-refractivity contribution in [3.63, 3.8) is 0 Å². The van der Waals surface area contributed by atoms with Crippen LogP contribution in [-0.4, -0.2) is 20.7 Å². The van der Waals surface area contributed by atoms with Gasteiger partial charge in [-0.05, 0) is 53.1 Å². The number of rotatable bonds is 8. The molecule has 0 saturated carbocycles. The predicted octanol–water partition coefficient (Wildman–Crippen LogP) is 4.71. The van der Waals surface area contributed by atoms with Crippen molar-refractivity contribution in [2.24, 2.45) is 5.73 Å². The lowest BCUT2D eigenvalue weighted by Crippen LogP contribution is -2.15. The van der Waals surface area contributed by atoms with Crippen LogP contribution in [0.25, 0.3) is 21.7 Å². The number of amides is 1. The second-order valence-electron chi connectivity index (χ2n) is 7.89. The number of carbonyl (C=O) groups is 1. The van der Waals surface area contributed by atoms with Crippen molar-refractivity contribution in [3.05, 3.63) is 62.8 Å². The number of hydrogen-bond acceptors (Lipinski definition) is 7. The number of fused-ring (bicyclic) bond motifs is 1. The summed E-state index contributed by atoms with van der Waals surface area (Å²) in [6, 6.07) is 9.51. The zero-order valence-corrected chi connectivity index (χ0v) is 19.8. The first-order valence-corrected chi connectivity index (χ1v) is 12.2. The molecule has 0 unspecified atom stereocenters. The van der Waals surface area contributed by atoms with Gasteiger partial charge in [0.05, 0.1) is 4.88 Å². The molecule has 1 amide bonds. The maximum atomic E-state index is 12.2.